The Labute approximate surface area is 138 Å². The minimum Gasteiger partial charge on any atom is -0.475 e. The minimum absolute atomic E-state index is 0.0773. The van der Waals surface area contributed by atoms with Crippen LogP contribution in [-0.4, -0.2) is 46.8 Å². The summed E-state index contributed by atoms with van der Waals surface area (Å²) < 4.78 is 25.2. The Bertz CT molecular complexity index is 661. The predicted molar refractivity (Wildman–Crippen MR) is 83.9 cm³/mol. The minimum atomic E-state index is -0.417. The van der Waals surface area contributed by atoms with Gasteiger partial charge in [0.15, 0.2) is 5.82 Å². The highest BCUT2D eigenvalue weighted by Gasteiger charge is 2.53. The molecular formula is C16H18FN3O2S. The molecule has 2 aliphatic heterocycles. The Morgan fingerprint density at radius 1 is 1.39 bits per heavy atom. The molecule has 122 valence electrons. The topological polar surface area (TPSA) is 47.5 Å². The monoisotopic (exact) mass is 335 g/mol. The van der Waals surface area contributed by atoms with Crippen LogP contribution in [0.1, 0.15) is 11.4 Å². The van der Waals surface area contributed by atoms with E-state index in [2.05, 4.69) is 14.9 Å². The number of thiazole rings is 1. The molecule has 4 heterocycles. The van der Waals surface area contributed by atoms with Gasteiger partial charge in [0, 0.05) is 43.4 Å². The summed E-state index contributed by atoms with van der Waals surface area (Å²) in [6, 6.07) is 2.92. The molecule has 23 heavy (non-hydrogen) atoms. The molecule has 2 aromatic heterocycles. The number of likely N-dealkylation sites (tertiary alicyclic amines) is 1. The van der Waals surface area contributed by atoms with Gasteiger partial charge in [-0.25, -0.2) is 14.4 Å². The molecule has 0 amide bonds. The number of nitrogens with zero attached hydrogens (tertiary/aromatic N) is 3. The molecule has 2 saturated heterocycles. The second kappa shape index (κ2) is 6.14. The van der Waals surface area contributed by atoms with Crippen molar-refractivity contribution in [2.24, 2.45) is 5.92 Å². The molecule has 5 nitrogen and oxygen atoms in total. The average Bonchev–Trinajstić information content (AvgIpc) is 3.16. The molecule has 0 saturated carbocycles. The van der Waals surface area contributed by atoms with E-state index in [9.17, 15) is 4.39 Å². The summed E-state index contributed by atoms with van der Waals surface area (Å²) in [5.74, 6) is -0.0653. The Morgan fingerprint density at radius 3 is 3.09 bits per heavy atom. The van der Waals surface area contributed by atoms with Gasteiger partial charge in [-0.2, -0.15) is 0 Å². The summed E-state index contributed by atoms with van der Waals surface area (Å²) in [5, 5.41) is 3.12. The lowest BCUT2D eigenvalue weighted by Crippen LogP contribution is -2.64. The van der Waals surface area contributed by atoms with Gasteiger partial charge in [0.1, 0.15) is 5.01 Å². The zero-order valence-corrected chi connectivity index (χ0v) is 13.5. The fourth-order valence-electron chi connectivity index (χ4n) is 3.37. The van der Waals surface area contributed by atoms with Crippen molar-refractivity contribution in [3.05, 3.63) is 40.7 Å². The van der Waals surface area contributed by atoms with Crippen molar-refractivity contribution in [3.8, 4) is 5.88 Å². The van der Waals surface area contributed by atoms with Crippen LogP contribution in [0, 0.1) is 11.7 Å². The SMILES string of the molecule is Fc1cccnc1OCC1CCOC12CN(Cc1nccs1)C2. The predicted octanol–water partition coefficient (Wildman–Crippen LogP) is 2.35. The van der Waals surface area contributed by atoms with E-state index in [0.29, 0.717) is 6.61 Å². The molecule has 2 aromatic rings. The van der Waals surface area contributed by atoms with Gasteiger partial charge in [0.25, 0.3) is 0 Å². The normalized spacial score (nSPS) is 23.1. The first kappa shape index (κ1) is 15.0. The van der Waals surface area contributed by atoms with Crippen LogP contribution in [-0.2, 0) is 11.3 Å². The van der Waals surface area contributed by atoms with Gasteiger partial charge in [-0.1, -0.05) is 0 Å². The van der Waals surface area contributed by atoms with Crippen molar-refractivity contribution in [2.45, 2.75) is 18.6 Å². The Morgan fingerprint density at radius 2 is 2.30 bits per heavy atom. The number of ether oxygens (including phenoxy) is 2. The molecule has 1 unspecified atom stereocenters. The van der Waals surface area contributed by atoms with Crippen molar-refractivity contribution in [1.29, 1.82) is 0 Å². The van der Waals surface area contributed by atoms with Gasteiger partial charge in [-0.15, -0.1) is 11.3 Å². The molecule has 1 atom stereocenters. The standard InChI is InChI=1S/C16H18FN3O2S/c17-13-2-1-4-19-15(13)21-9-12-3-6-22-16(12)10-20(11-16)8-14-18-5-7-23-14/h1-2,4-5,7,12H,3,6,8-11H2. The maximum absolute atomic E-state index is 13.6. The first-order valence-electron chi connectivity index (χ1n) is 7.73. The summed E-state index contributed by atoms with van der Waals surface area (Å²) in [7, 11) is 0. The van der Waals surface area contributed by atoms with E-state index in [1.165, 1.54) is 6.07 Å². The Balaban J connectivity index is 1.34. The van der Waals surface area contributed by atoms with E-state index in [1.807, 2.05) is 11.6 Å². The Kier molecular flexibility index (Phi) is 4.00. The third kappa shape index (κ3) is 2.96. The van der Waals surface area contributed by atoms with Gasteiger partial charge in [0.05, 0.1) is 18.8 Å². The molecule has 0 radical (unpaired) electrons. The van der Waals surface area contributed by atoms with Crippen LogP contribution < -0.4 is 4.74 Å². The maximum atomic E-state index is 13.6. The summed E-state index contributed by atoms with van der Waals surface area (Å²) in [6.45, 7) is 3.81. The van der Waals surface area contributed by atoms with E-state index >= 15 is 0 Å². The highest BCUT2D eigenvalue weighted by molar-refractivity contribution is 7.09. The number of aromatic nitrogens is 2. The molecule has 0 bridgehead atoms. The number of hydrogen-bond donors (Lipinski definition) is 0. The van der Waals surface area contributed by atoms with Gasteiger partial charge in [0.2, 0.25) is 5.88 Å². The fraction of sp³-hybridized carbons (Fsp3) is 0.500. The first-order chi connectivity index (χ1) is 11.3. The van der Waals surface area contributed by atoms with Gasteiger partial charge >= 0.3 is 0 Å². The highest BCUT2D eigenvalue weighted by atomic mass is 32.1. The number of halogens is 1. The van der Waals surface area contributed by atoms with E-state index in [-0.39, 0.29) is 17.4 Å². The molecule has 2 aliphatic rings. The number of pyridine rings is 1. The summed E-state index contributed by atoms with van der Waals surface area (Å²) in [6.07, 6.45) is 4.32. The average molecular weight is 335 g/mol. The highest BCUT2D eigenvalue weighted by Crippen LogP contribution is 2.40. The molecule has 0 aliphatic carbocycles. The molecule has 4 rings (SSSR count). The zero-order chi connectivity index (χ0) is 15.7. The molecule has 1 spiro atoms. The lowest BCUT2D eigenvalue weighted by atomic mass is 9.81. The number of hydrogen-bond acceptors (Lipinski definition) is 6. The van der Waals surface area contributed by atoms with Gasteiger partial charge in [-0.05, 0) is 18.6 Å². The van der Waals surface area contributed by atoms with Crippen LogP contribution in [0.3, 0.4) is 0 Å². The van der Waals surface area contributed by atoms with Gasteiger partial charge < -0.3 is 9.47 Å². The van der Waals surface area contributed by atoms with Crippen LogP contribution in [0.5, 0.6) is 5.88 Å². The molecular weight excluding hydrogens is 317 g/mol. The van der Waals surface area contributed by atoms with E-state index in [4.69, 9.17) is 9.47 Å². The summed E-state index contributed by atoms with van der Waals surface area (Å²) >= 11 is 1.67. The molecule has 0 aromatic carbocycles. The van der Waals surface area contributed by atoms with Crippen molar-refractivity contribution >= 4 is 11.3 Å². The maximum Gasteiger partial charge on any atom is 0.250 e. The molecule has 7 heteroatoms. The van der Waals surface area contributed by atoms with Crippen LogP contribution >= 0.6 is 11.3 Å². The lowest BCUT2D eigenvalue weighted by molar-refractivity contribution is -0.140. The van der Waals surface area contributed by atoms with Crippen LogP contribution in [0.25, 0.3) is 0 Å². The van der Waals surface area contributed by atoms with Crippen molar-refractivity contribution in [2.75, 3.05) is 26.3 Å². The second-order valence-corrected chi connectivity index (χ2v) is 7.05. The van der Waals surface area contributed by atoms with Crippen LogP contribution in [0.2, 0.25) is 0 Å². The van der Waals surface area contributed by atoms with Crippen LogP contribution in [0.15, 0.2) is 29.9 Å². The third-order valence-electron chi connectivity index (χ3n) is 4.57. The molecule has 2 fully saturated rings. The smallest absolute Gasteiger partial charge is 0.250 e. The quantitative estimate of drug-likeness (QED) is 0.839. The van der Waals surface area contributed by atoms with Crippen molar-refractivity contribution in [1.82, 2.24) is 14.9 Å². The third-order valence-corrected chi connectivity index (χ3v) is 5.34. The van der Waals surface area contributed by atoms with Crippen LogP contribution in [0.4, 0.5) is 4.39 Å². The summed E-state index contributed by atoms with van der Waals surface area (Å²) in [4.78, 5) is 10.6. The number of rotatable bonds is 5. The summed E-state index contributed by atoms with van der Waals surface area (Å²) in [5.41, 5.74) is -0.150. The largest absolute Gasteiger partial charge is 0.475 e. The van der Waals surface area contributed by atoms with E-state index in [1.54, 1.807) is 23.6 Å². The second-order valence-electron chi connectivity index (χ2n) is 6.07. The lowest BCUT2D eigenvalue weighted by Gasteiger charge is -2.49. The van der Waals surface area contributed by atoms with E-state index in [0.717, 1.165) is 37.7 Å². The first-order valence-corrected chi connectivity index (χ1v) is 8.61. The zero-order valence-electron chi connectivity index (χ0n) is 12.7. The van der Waals surface area contributed by atoms with Gasteiger partial charge in [-0.3, -0.25) is 4.90 Å². The van der Waals surface area contributed by atoms with E-state index < -0.39 is 5.82 Å². The molecule has 0 N–H and O–H groups in total. The fourth-order valence-corrected chi connectivity index (χ4v) is 4.03. The Hall–Kier alpha value is -1.57. The van der Waals surface area contributed by atoms with Crippen molar-refractivity contribution in [3.63, 3.8) is 0 Å². The van der Waals surface area contributed by atoms with Crippen molar-refractivity contribution < 1.29 is 13.9 Å².